The lowest BCUT2D eigenvalue weighted by molar-refractivity contribution is -0.137. The molecule has 0 saturated heterocycles. The van der Waals surface area contributed by atoms with Crippen LogP contribution in [-0.2, 0) is 17.5 Å². The van der Waals surface area contributed by atoms with Gasteiger partial charge >= 0.3 is 6.18 Å². The predicted octanol–water partition coefficient (Wildman–Crippen LogP) is 4.31. The minimum atomic E-state index is -4.57. The molecule has 0 aliphatic heterocycles. The summed E-state index contributed by atoms with van der Waals surface area (Å²) < 4.78 is 55.5. The van der Waals surface area contributed by atoms with Crippen LogP contribution in [0.3, 0.4) is 0 Å². The van der Waals surface area contributed by atoms with Gasteiger partial charge in [0.25, 0.3) is 0 Å². The summed E-state index contributed by atoms with van der Waals surface area (Å²) in [5.41, 5.74) is -0.922. The van der Waals surface area contributed by atoms with Gasteiger partial charge in [-0.05, 0) is 33.6 Å². The van der Waals surface area contributed by atoms with Gasteiger partial charge in [-0.3, -0.25) is 0 Å². The Morgan fingerprint density at radius 1 is 1.35 bits per heavy atom. The average molecular weight is 313 g/mol. The molecule has 0 amide bonds. The van der Waals surface area contributed by atoms with Crippen LogP contribution in [0.4, 0.5) is 17.6 Å². The molecule has 94 valence electrons. The average Bonchev–Trinajstić information content (AvgIpc) is 2.22. The summed E-state index contributed by atoms with van der Waals surface area (Å²) in [7, 11) is 0. The van der Waals surface area contributed by atoms with Gasteiger partial charge in [-0.25, -0.2) is 4.39 Å². The van der Waals surface area contributed by atoms with Crippen LogP contribution < -0.4 is 0 Å². The largest absolute Gasteiger partial charge is 0.416 e. The minimum Gasteiger partial charge on any atom is -0.373 e. The van der Waals surface area contributed by atoms with E-state index in [-0.39, 0.29) is 23.2 Å². The van der Waals surface area contributed by atoms with E-state index < -0.39 is 17.6 Å². The van der Waals surface area contributed by atoms with E-state index in [0.29, 0.717) is 6.07 Å². The predicted molar refractivity (Wildman–Crippen MR) is 59.0 cm³/mol. The topological polar surface area (TPSA) is 9.23 Å². The summed E-state index contributed by atoms with van der Waals surface area (Å²) >= 11 is 2.89. The molecule has 1 aromatic carbocycles. The van der Waals surface area contributed by atoms with E-state index in [0.717, 1.165) is 6.07 Å². The summed E-state index contributed by atoms with van der Waals surface area (Å²) in [6, 6.07) is 1.30. The van der Waals surface area contributed by atoms with Crippen molar-refractivity contribution in [3.63, 3.8) is 0 Å². The second-order valence-corrected chi connectivity index (χ2v) is 4.03. The van der Waals surface area contributed by atoms with Crippen LogP contribution in [0.2, 0.25) is 0 Å². The molecule has 0 aliphatic rings. The Labute approximate surface area is 104 Å². The monoisotopic (exact) mass is 312 g/mol. The third-order valence-electron chi connectivity index (χ3n) is 1.92. The van der Waals surface area contributed by atoms with E-state index in [2.05, 4.69) is 22.5 Å². The lowest BCUT2D eigenvalue weighted by atomic mass is 10.1. The molecule has 0 heterocycles. The first-order chi connectivity index (χ1) is 7.86. The maximum Gasteiger partial charge on any atom is 0.416 e. The van der Waals surface area contributed by atoms with Gasteiger partial charge in [0.05, 0.1) is 23.2 Å². The molecule has 1 nitrogen and oxygen atoms in total. The van der Waals surface area contributed by atoms with Crippen molar-refractivity contribution in [1.29, 1.82) is 0 Å². The van der Waals surface area contributed by atoms with Gasteiger partial charge in [-0.15, -0.1) is 6.58 Å². The fraction of sp³-hybridized carbons (Fsp3) is 0.273. The second kappa shape index (κ2) is 5.64. The molecule has 0 saturated carbocycles. The molecule has 0 unspecified atom stereocenters. The van der Waals surface area contributed by atoms with Gasteiger partial charge in [0, 0.05) is 0 Å². The van der Waals surface area contributed by atoms with E-state index >= 15 is 0 Å². The zero-order valence-corrected chi connectivity index (χ0v) is 10.2. The van der Waals surface area contributed by atoms with Crippen molar-refractivity contribution in [2.45, 2.75) is 12.8 Å². The zero-order valence-electron chi connectivity index (χ0n) is 8.65. The van der Waals surface area contributed by atoms with Crippen molar-refractivity contribution in [3.8, 4) is 0 Å². The number of alkyl halides is 3. The molecule has 0 bridgehead atoms. The van der Waals surface area contributed by atoms with Crippen LogP contribution in [0.5, 0.6) is 0 Å². The Balaban J connectivity index is 3.03. The standard InChI is InChI=1S/C11H9BrF4O/c1-2-3-17-6-7-4-8(11(14,15)16)5-9(13)10(7)12/h2,4-5H,1,3,6H2. The fourth-order valence-corrected chi connectivity index (χ4v) is 1.51. The molecular weight excluding hydrogens is 304 g/mol. The molecule has 0 aromatic heterocycles. The van der Waals surface area contributed by atoms with Crippen LogP contribution in [0.25, 0.3) is 0 Å². The number of hydrogen-bond donors (Lipinski definition) is 0. The maximum absolute atomic E-state index is 13.3. The fourth-order valence-electron chi connectivity index (χ4n) is 1.17. The summed E-state index contributed by atoms with van der Waals surface area (Å²) in [4.78, 5) is 0. The molecule has 17 heavy (non-hydrogen) atoms. The van der Waals surface area contributed by atoms with Crippen molar-refractivity contribution < 1.29 is 22.3 Å². The zero-order chi connectivity index (χ0) is 13.1. The highest BCUT2D eigenvalue weighted by atomic mass is 79.9. The van der Waals surface area contributed by atoms with Crippen LogP contribution >= 0.6 is 15.9 Å². The summed E-state index contributed by atoms with van der Waals surface area (Å²) in [6.45, 7) is 3.47. The maximum atomic E-state index is 13.3. The molecule has 1 aromatic rings. The number of ether oxygens (including phenoxy) is 1. The molecule has 0 aliphatic carbocycles. The Morgan fingerprint density at radius 3 is 2.53 bits per heavy atom. The number of halogens is 5. The lowest BCUT2D eigenvalue weighted by Gasteiger charge is -2.11. The third-order valence-corrected chi connectivity index (χ3v) is 2.81. The molecule has 0 N–H and O–H groups in total. The molecule has 0 spiro atoms. The summed E-state index contributed by atoms with van der Waals surface area (Å²) in [5.74, 6) is -0.961. The van der Waals surface area contributed by atoms with Gasteiger partial charge in [-0.2, -0.15) is 13.2 Å². The van der Waals surface area contributed by atoms with Crippen LogP contribution in [0.1, 0.15) is 11.1 Å². The van der Waals surface area contributed by atoms with Crippen LogP contribution in [-0.4, -0.2) is 6.61 Å². The molecule has 6 heteroatoms. The Kier molecular flexibility index (Phi) is 4.70. The quantitative estimate of drug-likeness (QED) is 0.457. The smallest absolute Gasteiger partial charge is 0.373 e. The molecule has 0 radical (unpaired) electrons. The SMILES string of the molecule is C=CCOCc1cc(C(F)(F)F)cc(F)c1Br. The van der Waals surface area contributed by atoms with E-state index in [4.69, 9.17) is 4.74 Å². The van der Waals surface area contributed by atoms with Gasteiger partial charge in [-0.1, -0.05) is 6.08 Å². The summed E-state index contributed by atoms with van der Waals surface area (Å²) in [6.07, 6.45) is -3.12. The van der Waals surface area contributed by atoms with Gasteiger partial charge in [0.1, 0.15) is 5.82 Å². The van der Waals surface area contributed by atoms with E-state index in [1.54, 1.807) is 0 Å². The third kappa shape index (κ3) is 3.81. The molecule has 0 fully saturated rings. The van der Waals surface area contributed by atoms with Crippen LogP contribution in [0.15, 0.2) is 29.3 Å². The number of rotatable bonds is 4. The highest BCUT2D eigenvalue weighted by molar-refractivity contribution is 9.10. The Morgan fingerprint density at radius 2 is 2.00 bits per heavy atom. The van der Waals surface area contributed by atoms with Crippen molar-refractivity contribution >= 4 is 15.9 Å². The molecular formula is C11H9BrF4O. The lowest BCUT2D eigenvalue weighted by Crippen LogP contribution is -2.07. The van der Waals surface area contributed by atoms with Crippen molar-refractivity contribution in [2.75, 3.05) is 6.61 Å². The van der Waals surface area contributed by atoms with Gasteiger partial charge in [0.2, 0.25) is 0 Å². The van der Waals surface area contributed by atoms with Crippen LogP contribution in [0, 0.1) is 5.82 Å². The van der Waals surface area contributed by atoms with E-state index in [1.165, 1.54) is 6.08 Å². The Hall–Kier alpha value is -0.880. The molecule has 1 rings (SSSR count). The van der Waals surface area contributed by atoms with Crippen molar-refractivity contribution in [2.24, 2.45) is 0 Å². The Bertz CT molecular complexity index is 415. The van der Waals surface area contributed by atoms with Crippen molar-refractivity contribution in [1.82, 2.24) is 0 Å². The molecule has 0 atom stereocenters. The highest BCUT2D eigenvalue weighted by Crippen LogP contribution is 2.33. The van der Waals surface area contributed by atoms with Gasteiger partial charge in [0.15, 0.2) is 0 Å². The normalized spacial score (nSPS) is 11.6. The first-order valence-corrected chi connectivity index (χ1v) is 5.39. The van der Waals surface area contributed by atoms with Crippen molar-refractivity contribution in [3.05, 3.63) is 46.2 Å². The highest BCUT2D eigenvalue weighted by Gasteiger charge is 2.32. The summed E-state index contributed by atoms with van der Waals surface area (Å²) in [5, 5.41) is 0. The first-order valence-electron chi connectivity index (χ1n) is 4.60. The minimum absolute atomic E-state index is 0.0189. The van der Waals surface area contributed by atoms with E-state index in [9.17, 15) is 17.6 Å². The van der Waals surface area contributed by atoms with Gasteiger partial charge < -0.3 is 4.74 Å². The number of hydrogen-bond acceptors (Lipinski definition) is 1. The second-order valence-electron chi connectivity index (χ2n) is 3.23. The first kappa shape index (κ1) is 14.2. The number of benzene rings is 1. The van der Waals surface area contributed by atoms with E-state index in [1.807, 2.05) is 0 Å².